The fourth-order valence-electron chi connectivity index (χ4n) is 1.40. The highest BCUT2D eigenvalue weighted by Gasteiger charge is 2.36. The van der Waals surface area contributed by atoms with Crippen molar-refractivity contribution in [3.63, 3.8) is 0 Å². The van der Waals surface area contributed by atoms with Crippen molar-refractivity contribution in [3.05, 3.63) is 27.7 Å². The number of hydrogen-bond acceptors (Lipinski definition) is 5. The lowest BCUT2D eigenvalue weighted by Crippen LogP contribution is -2.07. The minimum atomic E-state index is -4.48. The van der Waals surface area contributed by atoms with Crippen LogP contribution in [0.1, 0.15) is 23.2 Å². The number of thiophene rings is 1. The zero-order valence-corrected chi connectivity index (χ0v) is 11.0. The van der Waals surface area contributed by atoms with Gasteiger partial charge in [-0.3, -0.25) is 0 Å². The van der Waals surface area contributed by atoms with Crippen molar-refractivity contribution in [2.24, 2.45) is 0 Å². The summed E-state index contributed by atoms with van der Waals surface area (Å²) < 4.78 is 40.1. The molecule has 0 bridgehead atoms. The van der Waals surface area contributed by atoms with E-state index in [1.807, 2.05) is 18.4 Å². The van der Waals surface area contributed by atoms with Gasteiger partial charge in [-0.05, 0) is 23.4 Å². The van der Waals surface area contributed by atoms with Gasteiger partial charge in [-0.25, -0.2) is 0 Å². The molecule has 0 saturated carbocycles. The molecule has 0 saturated heterocycles. The molecule has 98 valence electrons. The Morgan fingerprint density at radius 3 is 2.78 bits per heavy atom. The van der Waals surface area contributed by atoms with Crippen LogP contribution in [-0.2, 0) is 19.1 Å². The van der Waals surface area contributed by atoms with Crippen molar-refractivity contribution in [1.29, 1.82) is 0 Å². The molecule has 0 aromatic carbocycles. The second-order valence-corrected chi connectivity index (χ2v) is 5.25. The van der Waals surface area contributed by atoms with Gasteiger partial charge in [0, 0.05) is 16.4 Å². The van der Waals surface area contributed by atoms with Crippen LogP contribution in [0, 0.1) is 0 Å². The minimum absolute atomic E-state index is 0.192. The lowest BCUT2D eigenvalue weighted by molar-refractivity contribution is -0.144. The molecule has 8 heteroatoms. The average Bonchev–Trinajstić information content (AvgIpc) is 2.94. The summed E-state index contributed by atoms with van der Waals surface area (Å²) >= 11 is 2.30. The SMILES string of the molecule is CCc1ccsc1CNc1nc(C(F)(F)F)ns1. The lowest BCUT2D eigenvalue weighted by atomic mass is 10.2. The van der Waals surface area contributed by atoms with E-state index in [0.29, 0.717) is 6.54 Å². The molecule has 2 heterocycles. The summed E-state index contributed by atoms with van der Waals surface area (Å²) in [6.07, 6.45) is -3.57. The number of nitrogens with zero attached hydrogens (tertiary/aromatic N) is 2. The van der Waals surface area contributed by atoms with E-state index in [1.165, 1.54) is 5.56 Å². The van der Waals surface area contributed by atoms with E-state index in [1.54, 1.807) is 11.3 Å². The van der Waals surface area contributed by atoms with Gasteiger partial charge in [0.05, 0.1) is 6.54 Å². The monoisotopic (exact) mass is 293 g/mol. The summed E-state index contributed by atoms with van der Waals surface area (Å²) in [6, 6.07) is 2.02. The molecule has 0 aliphatic heterocycles. The van der Waals surface area contributed by atoms with Gasteiger partial charge in [-0.1, -0.05) is 6.92 Å². The van der Waals surface area contributed by atoms with Crippen LogP contribution in [0.25, 0.3) is 0 Å². The maximum Gasteiger partial charge on any atom is 0.452 e. The number of halogens is 3. The molecule has 3 nitrogen and oxygen atoms in total. The first-order valence-corrected chi connectivity index (χ1v) is 6.86. The molecule has 0 unspecified atom stereocenters. The highest BCUT2D eigenvalue weighted by molar-refractivity contribution is 7.10. The fraction of sp³-hybridized carbons (Fsp3) is 0.400. The molecule has 0 fully saturated rings. The van der Waals surface area contributed by atoms with Gasteiger partial charge in [-0.2, -0.15) is 22.5 Å². The third-order valence-electron chi connectivity index (χ3n) is 2.30. The van der Waals surface area contributed by atoms with Gasteiger partial charge in [-0.15, -0.1) is 11.3 Å². The lowest BCUT2D eigenvalue weighted by Gasteiger charge is -2.02. The Hall–Kier alpha value is -1.15. The molecule has 2 aromatic rings. The van der Waals surface area contributed by atoms with Crippen LogP contribution in [0.15, 0.2) is 11.4 Å². The van der Waals surface area contributed by atoms with E-state index < -0.39 is 12.0 Å². The summed E-state index contributed by atoms with van der Waals surface area (Å²) in [4.78, 5) is 4.52. The zero-order valence-electron chi connectivity index (χ0n) is 9.41. The van der Waals surface area contributed by atoms with Gasteiger partial charge >= 0.3 is 6.18 Å². The predicted octanol–water partition coefficient (Wildman–Crippen LogP) is 3.79. The molecule has 0 atom stereocenters. The number of aromatic nitrogens is 2. The van der Waals surface area contributed by atoms with Gasteiger partial charge in [0.1, 0.15) is 0 Å². The molecule has 0 radical (unpaired) electrons. The Bertz CT molecular complexity index is 518. The topological polar surface area (TPSA) is 37.8 Å². The van der Waals surface area contributed by atoms with Crippen LogP contribution in [0.2, 0.25) is 0 Å². The maximum absolute atomic E-state index is 12.3. The molecule has 0 aliphatic rings. The number of aryl methyl sites for hydroxylation is 1. The Kier molecular flexibility index (Phi) is 3.86. The summed E-state index contributed by atoms with van der Waals surface area (Å²) in [6.45, 7) is 2.52. The first-order chi connectivity index (χ1) is 8.50. The second kappa shape index (κ2) is 5.23. The largest absolute Gasteiger partial charge is 0.452 e. The zero-order chi connectivity index (χ0) is 13.2. The molecular weight excluding hydrogens is 283 g/mol. The Balaban J connectivity index is 2.01. The molecular formula is C10H10F3N3S2. The third kappa shape index (κ3) is 2.99. The normalized spacial score (nSPS) is 11.8. The Labute approximate surface area is 110 Å². The van der Waals surface area contributed by atoms with Crippen molar-refractivity contribution >= 4 is 28.0 Å². The quantitative estimate of drug-likeness (QED) is 0.932. The predicted molar refractivity (Wildman–Crippen MR) is 65.9 cm³/mol. The minimum Gasteiger partial charge on any atom is -0.355 e. The van der Waals surface area contributed by atoms with Crippen LogP contribution in [-0.4, -0.2) is 9.36 Å². The van der Waals surface area contributed by atoms with Crippen molar-refractivity contribution in [1.82, 2.24) is 9.36 Å². The van der Waals surface area contributed by atoms with Crippen molar-refractivity contribution in [3.8, 4) is 0 Å². The second-order valence-electron chi connectivity index (χ2n) is 3.50. The maximum atomic E-state index is 12.3. The van der Waals surface area contributed by atoms with Gasteiger partial charge < -0.3 is 5.32 Å². The average molecular weight is 293 g/mol. The number of hydrogen-bond donors (Lipinski definition) is 1. The molecule has 0 amide bonds. The highest BCUT2D eigenvalue weighted by atomic mass is 32.1. The molecule has 2 rings (SSSR count). The smallest absolute Gasteiger partial charge is 0.355 e. The summed E-state index contributed by atoms with van der Waals surface area (Å²) in [7, 11) is 0. The van der Waals surface area contributed by atoms with E-state index in [0.717, 1.165) is 22.8 Å². The van der Waals surface area contributed by atoms with E-state index in [4.69, 9.17) is 0 Å². The van der Waals surface area contributed by atoms with Crippen LogP contribution in [0.5, 0.6) is 0 Å². The van der Waals surface area contributed by atoms with Gasteiger partial charge in [0.15, 0.2) is 0 Å². The van der Waals surface area contributed by atoms with Gasteiger partial charge in [0.2, 0.25) is 11.0 Å². The van der Waals surface area contributed by atoms with Crippen molar-refractivity contribution in [2.75, 3.05) is 5.32 Å². The van der Waals surface area contributed by atoms with Crippen LogP contribution in [0.3, 0.4) is 0 Å². The highest BCUT2D eigenvalue weighted by Crippen LogP contribution is 2.29. The Morgan fingerprint density at radius 2 is 2.17 bits per heavy atom. The van der Waals surface area contributed by atoms with Crippen LogP contribution < -0.4 is 5.32 Å². The van der Waals surface area contributed by atoms with Gasteiger partial charge in [0.25, 0.3) is 0 Å². The first-order valence-electron chi connectivity index (χ1n) is 5.20. The fourth-order valence-corrected chi connectivity index (χ4v) is 2.90. The first kappa shape index (κ1) is 13.3. The Morgan fingerprint density at radius 1 is 1.39 bits per heavy atom. The number of anilines is 1. The molecule has 0 spiro atoms. The molecule has 0 aliphatic carbocycles. The molecule has 18 heavy (non-hydrogen) atoms. The molecule has 2 aromatic heterocycles. The summed E-state index contributed by atoms with van der Waals surface area (Å²) in [5, 5.41) is 5.03. The standard InChI is InChI=1S/C10H10F3N3S2/c1-2-6-3-4-17-7(6)5-14-9-15-8(16-18-9)10(11,12)13/h3-4H,2,5H2,1H3,(H,14,15,16). The van der Waals surface area contributed by atoms with E-state index in [2.05, 4.69) is 14.7 Å². The van der Waals surface area contributed by atoms with E-state index >= 15 is 0 Å². The molecule has 1 N–H and O–H groups in total. The van der Waals surface area contributed by atoms with Crippen molar-refractivity contribution < 1.29 is 13.2 Å². The summed E-state index contributed by atoms with van der Waals surface area (Å²) in [5.41, 5.74) is 1.20. The van der Waals surface area contributed by atoms with Crippen LogP contribution >= 0.6 is 22.9 Å². The van der Waals surface area contributed by atoms with E-state index in [-0.39, 0.29) is 5.13 Å². The number of alkyl halides is 3. The van der Waals surface area contributed by atoms with Crippen LogP contribution in [0.4, 0.5) is 18.3 Å². The number of nitrogens with one attached hydrogen (secondary N) is 1. The number of rotatable bonds is 4. The van der Waals surface area contributed by atoms with Crippen molar-refractivity contribution in [2.45, 2.75) is 26.1 Å². The third-order valence-corrected chi connectivity index (χ3v) is 3.93. The summed E-state index contributed by atoms with van der Waals surface area (Å²) in [5.74, 6) is -1.09. The van der Waals surface area contributed by atoms with E-state index in [9.17, 15) is 13.2 Å².